The lowest BCUT2D eigenvalue weighted by Crippen LogP contribution is -2.51. The molecule has 0 bridgehead atoms. The molecule has 2 aliphatic heterocycles. The first kappa shape index (κ1) is 28.9. The standard InChI is InChI=1S/C28H30F4N4O5/c29-19-1-8-26-18(13-19)14-23(41-26)16-34-9-11-35(12-10-34)27(37)17-40-22-5-2-20(3-6-22)33-21-4-7-25(36(38)39)24(15-21)28(30,31)32/h1,4,7-8,13,15,22-23H,2-3,5-6,9-12,14,16-17H2. The van der Waals surface area contributed by atoms with Gasteiger partial charge in [-0.2, -0.15) is 13.2 Å². The third-order valence-corrected chi connectivity index (χ3v) is 7.67. The summed E-state index contributed by atoms with van der Waals surface area (Å²) in [7, 11) is 0. The molecule has 9 nitrogen and oxygen atoms in total. The van der Waals surface area contributed by atoms with Gasteiger partial charge in [-0.25, -0.2) is 4.39 Å². The quantitative estimate of drug-likeness (QED) is 0.263. The lowest BCUT2D eigenvalue weighted by Gasteiger charge is -2.36. The molecule has 0 spiro atoms. The SMILES string of the molecule is O=C(COC1CCC(=Nc2ccc([N+](=O)[O-])c(C(F)(F)F)c2)CC1)N1CCN(CC2Cc3cc(F)ccc3O2)CC1. The van der Waals surface area contributed by atoms with Crippen LogP contribution in [-0.4, -0.2) is 77.9 Å². The molecule has 220 valence electrons. The number of rotatable bonds is 7. The van der Waals surface area contributed by atoms with Crippen LogP contribution in [0.1, 0.15) is 36.8 Å². The first-order valence-electron chi connectivity index (χ1n) is 13.5. The summed E-state index contributed by atoms with van der Waals surface area (Å²) in [4.78, 5) is 30.9. The Bertz CT molecular complexity index is 1320. The van der Waals surface area contributed by atoms with Crippen LogP contribution in [0.2, 0.25) is 0 Å². The monoisotopic (exact) mass is 578 g/mol. The Hall–Kier alpha value is -3.58. The number of nitro groups is 1. The molecule has 0 radical (unpaired) electrons. The van der Waals surface area contributed by atoms with Gasteiger partial charge in [0.15, 0.2) is 0 Å². The van der Waals surface area contributed by atoms with Crippen molar-refractivity contribution in [3.63, 3.8) is 0 Å². The normalized spacial score (nSPS) is 21.4. The molecule has 3 aliphatic rings. The molecule has 13 heteroatoms. The summed E-state index contributed by atoms with van der Waals surface area (Å²) in [6, 6.07) is 7.30. The van der Waals surface area contributed by atoms with Crippen LogP contribution in [0, 0.1) is 15.9 Å². The Balaban J connectivity index is 1.03. The number of hydrogen-bond donors (Lipinski definition) is 0. The highest BCUT2D eigenvalue weighted by Gasteiger charge is 2.38. The Morgan fingerprint density at radius 2 is 1.83 bits per heavy atom. The van der Waals surface area contributed by atoms with E-state index in [0.29, 0.717) is 76.6 Å². The second-order valence-corrected chi connectivity index (χ2v) is 10.5. The van der Waals surface area contributed by atoms with Gasteiger partial charge < -0.3 is 14.4 Å². The molecule has 2 aromatic carbocycles. The van der Waals surface area contributed by atoms with Crippen LogP contribution < -0.4 is 4.74 Å². The van der Waals surface area contributed by atoms with Gasteiger partial charge in [0, 0.05) is 56.5 Å². The van der Waals surface area contributed by atoms with E-state index >= 15 is 0 Å². The average molecular weight is 579 g/mol. The van der Waals surface area contributed by atoms with Crippen LogP contribution >= 0.6 is 0 Å². The van der Waals surface area contributed by atoms with Crippen LogP contribution in [0.4, 0.5) is 28.9 Å². The third kappa shape index (κ3) is 7.20. The minimum Gasteiger partial charge on any atom is -0.488 e. The topological polar surface area (TPSA) is 97.5 Å². The predicted molar refractivity (Wildman–Crippen MR) is 141 cm³/mol. The summed E-state index contributed by atoms with van der Waals surface area (Å²) in [5, 5.41) is 11.0. The summed E-state index contributed by atoms with van der Waals surface area (Å²) in [6.45, 7) is 3.23. The van der Waals surface area contributed by atoms with Crippen molar-refractivity contribution >= 4 is 23.0 Å². The summed E-state index contributed by atoms with van der Waals surface area (Å²) in [5.74, 6) is 0.370. The lowest BCUT2D eigenvalue weighted by molar-refractivity contribution is -0.388. The number of amides is 1. The second-order valence-electron chi connectivity index (χ2n) is 10.5. The second kappa shape index (κ2) is 12.1. The largest absolute Gasteiger partial charge is 0.488 e. The highest BCUT2D eigenvalue weighted by Crippen LogP contribution is 2.38. The molecular weight excluding hydrogens is 548 g/mol. The molecule has 1 amide bonds. The molecular formula is C28H30F4N4O5. The van der Waals surface area contributed by atoms with E-state index in [1.54, 1.807) is 11.0 Å². The summed E-state index contributed by atoms with van der Waals surface area (Å²) in [5.41, 5.74) is -0.742. The third-order valence-electron chi connectivity index (χ3n) is 7.67. The van der Waals surface area contributed by atoms with Gasteiger partial charge in [0.1, 0.15) is 29.8 Å². The van der Waals surface area contributed by atoms with E-state index in [9.17, 15) is 32.5 Å². The Labute approximate surface area is 233 Å². The van der Waals surface area contributed by atoms with Crippen molar-refractivity contribution in [2.24, 2.45) is 4.99 Å². The van der Waals surface area contributed by atoms with Crippen LogP contribution in [-0.2, 0) is 22.1 Å². The molecule has 2 fully saturated rings. The number of fused-ring (bicyclic) bond motifs is 1. The van der Waals surface area contributed by atoms with Crippen molar-refractivity contribution in [3.05, 3.63) is 63.5 Å². The minimum absolute atomic E-state index is 0.0181. The first-order valence-corrected chi connectivity index (χ1v) is 13.5. The molecule has 1 saturated heterocycles. The smallest absolute Gasteiger partial charge is 0.423 e. The highest BCUT2D eigenvalue weighted by molar-refractivity contribution is 5.87. The Kier molecular flexibility index (Phi) is 8.55. The number of nitrogens with zero attached hydrogens (tertiary/aromatic N) is 4. The van der Waals surface area contributed by atoms with Crippen molar-refractivity contribution in [1.82, 2.24) is 9.80 Å². The summed E-state index contributed by atoms with van der Waals surface area (Å²) >= 11 is 0. The zero-order valence-corrected chi connectivity index (χ0v) is 22.2. The molecule has 1 atom stereocenters. The molecule has 2 heterocycles. The van der Waals surface area contributed by atoms with Gasteiger partial charge in [0.25, 0.3) is 5.69 Å². The number of aliphatic imine (C=N–C) groups is 1. The van der Waals surface area contributed by atoms with E-state index in [2.05, 4.69) is 9.89 Å². The summed E-state index contributed by atoms with van der Waals surface area (Å²) < 4.78 is 65.0. The van der Waals surface area contributed by atoms with Gasteiger partial charge in [-0.05, 0) is 56.0 Å². The fraction of sp³-hybridized carbons (Fsp3) is 0.500. The molecule has 41 heavy (non-hydrogen) atoms. The molecule has 1 aliphatic carbocycles. The van der Waals surface area contributed by atoms with Gasteiger partial charge in [-0.1, -0.05) is 0 Å². The molecule has 1 unspecified atom stereocenters. The van der Waals surface area contributed by atoms with E-state index in [4.69, 9.17) is 9.47 Å². The van der Waals surface area contributed by atoms with E-state index in [1.165, 1.54) is 18.2 Å². The van der Waals surface area contributed by atoms with Gasteiger partial charge in [0.05, 0.1) is 16.7 Å². The highest BCUT2D eigenvalue weighted by atomic mass is 19.4. The van der Waals surface area contributed by atoms with Crippen LogP contribution in [0.5, 0.6) is 5.75 Å². The van der Waals surface area contributed by atoms with Gasteiger partial charge in [0.2, 0.25) is 5.91 Å². The maximum absolute atomic E-state index is 13.5. The first-order chi connectivity index (χ1) is 19.5. The summed E-state index contributed by atoms with van der Waals surface area (Å²) in [6.07, 6.45) is -2.25. The Morgan fingerprint density at radius 1 is 1.10 bits per heavy atom. The maximum Gasteiger partial charge on any atom is 0.423 e. The number of carbonyl (C=O) groups is 1. The fourth-order valence-electron chi connectivity index (χ4n) is 5.50. The number of nitro benzene ring substituents is 1. The van der Waals surface area contributed by atoms with Gasteiger partial charge >= 0.3 is 6.18 Å². The number of piperazine rings is 1. The number of ether oxygens (including phenoxy) is 2. The number of halogens is 4. The van der Waals surface area contributed by atoms with Crippen molar-refractivity contribution < 1.29 is 36.8 Å². The zero-order chi connectivity index (χ0) is 29.1. The van der Waals surface area contributed by atoms with Gasteiger partial charge in [-0.3, -0.25) is 24.8 Å². The molecule has 1 saturated carbocycles. The van der Waals surface area contributed by atoms with E-state index in [0.717, 1.165) is 17.4 Å². The molecule has 0 aromatic heterocycles. The van der Waals surface area contributed by atoms with Crippen LogP contribution in [0.15, 0.2) is 41.4 Å². The number of carbonyl (C=O) groups excluding carboxylic acids is 1. The molecule has 0 N–H and O–H groups in total. The lowest BCUT2D eigenvalue weighted by atomic mass is 9.95. The van der Waals surface area contributed by atoms with Crippen LogP contribution in [0.25, 0.3) is 0 Å². The van der Waals surface area contributed by atoms with E-state index in [-0.39, 0.29) is 36.2 Å². The minimum atomic E-state index is -4.86. The fourth-order valence-corrected chi connectivity index (χ4v) is 5.50. The van der Waals surface area contributed by atoms with E-state index < -0.39 is 22.4 Å². The number of alkyl halides is 3. The van der Waals surface area contributed by atoms with E-state index in [1.807, 2.05) is 0 Å². The zero-order valence-electron chi connectivity index (χ0n) is 22.2. The molecule has 2 aromatic rings. The molecule has 5 rings (SSSR count). The van der Waals surface area contributed by atoms with Crippen molar-refractivity contribution in [1.29, 1.82) is 0 Å². The number of benzene rings is 2. The van der Waals surface area contributed by atoms with Crippen LogP contribution in [0.3, 0.4) is 0 Å². The van der Waals surface area contributed by atoms with Crippen molar-refractivity contribution in [2.45, 2.75) is 50.5 Å². The maximum atomic E-state index is 13.5. The Morgan fingerprint density at radius 3 is 2.51 bits per heavy atom. The number of hydrogen-bond acceptors (Lipinski definition) is 7. The predicted octanol–water partition coefficient (Wildman–Crippen LogP) is 4.93. The average Bonchev–Trinajstić information content (AvgIpc) is 3.33. The van der Waals surface area contributed by atoms with Crippen molar-refractivity contribution in [3.8, 4) is 5.75 Å². The van der Waals surface area contributed by atoms with Crippen molar-refractivity contribution in [2.75, 3.05) is 39.3 Å². The van der Waals surface area contributed by atoms with Gasteiger partial charge in [-0.15, -0.1) is 0 Å².